The van der Waals surface area contributed by atoms with E-state index in [2.05, 4.69) is 20.3 Å². The van der Waals surface area contributed by atoms with Crippen LogP contribution in [0.5, 0.6) is 11.5 Å². The quantitative estimate of drug-likeness (QED) is 0.425. The summed E-state index contributed by atoms with van der Waals surface area (Å²) in [7, 11) is 0. The van der Waals surface area contributed by atoms with Gasteiger partial charge >= 0.3 is 0 Å². The molecule has 1 atom stereocenters. The summed E-state index contributed by atoms with van der Waals surface area (Å²) in [6.07, 6.45) is 6.21. The number of nitrogens with two attached hydrogens (primary N) is 1. The summed E-state index contributed by atoms with van der Waals surface area (Å²) >= 11 is 0. The Morgan fingerprint density at radius 3 is 2.60 bits per heavy atom. The zero-order valence-electron chi connectivity index (χ0n) is 15.5. The molecule has 4 rings (SSSR count). The van der Waals surface area contributed by atoms with Crippen molar-refractivity contribution in [2.45, 2.75) is 5.92 Å². The zero-order chi connectivity index (χ0) is 21.1. The summed E-state index contributed by atoms with van der Waals surface area (Å²) < 4.78 is 20.4. The molecule has 0 radical (unpaired) electrons. The minimum absolute atomic E-state index is 0.0646. The summed E-state index contributed by atoms with van der Waals surface area (Å²) in [5, 5.41) is 3.26. The fraction of sp³-hybridized carbons (Fsp3) is 0.0476. The molecule has 3 heterocycles. The summed E-state index contributed by atoms with van der Waals surface area (Å²) in [6, 6.07) is 10.3. The van der Waals surface area contributed by atoms with Crippen LogP contribution in [0, 0.1) is 5.82 Å². The Morgan fingerprint density at radius 2 is 1.87 bits per heavy atom. The van der Waals surface area contributed by atoms with Crippen LogP contribution in [0.2, 0.25) is 0 Å². The van der Waals surface area contributed by atoms with E-state index in [1.54, 1.807) is 30.5 Å². The number of benzene rings is 1. The molecular formula is C21H16FN5O3. The lowest BCUT2D eigenvalue weighted by Gasteiger charge is -2.15. The van der Waals surface area contributed by atoms with Crippen molar-refractivity contribution in [3.63, 3.8) is 0 Å². The molecule has 0 bridgehead atoms. The molecule has 0 aliphatic rings. The number of pyridine rings is 2. The summed E-state index contributed by atoms with van der Waals surface area (Å²) in [5.41, 5.74) is 6.56. The van der Waals surface area contributed by atoms with E-state index in [-0.39, 0.29) is 11.3 Å². The second-order valence-electron chi connectivity index (χ2n) is 6.40. The van der Waals surface area contributed by atoms with Crippen LogP contribution in [-0.4, -0.2) is 26.8 Å². The number of carbonyl (C=O) groups is 2. The van der Waals surface area contributed by atoms with Crippen LogP contribution in [-0.2, 0) is 9.59 Å². The molecule has 1 unspecified atom stereocenters. The van der Waals surface area contributed by atoms with E-state index in [9.17, 15) is 14.0 Å². The molecule has 0 saturated carbocycles. The number of fused-ring (bicyclic) bond motifs is 1. The van der Waals surface area contributed by atoms with Gasteiger partial charge < -0.3 is 20.8 Å². The number of amides is 2. The number of H-pyrrole nitrogens is 1. The molecule has 2 amide bonds. The molecule has 9 heteroatoms. The highest BCUT2D eigenvalue weighted by Crippen LogP contribution is 2.31. The van der Waals surface area contributed by atoms with E-state index in [4.69, 9.17) is 10.5 Å². The van der Waals surface area contributed by atoms with Gasteiger partial charge in [-0.3, -0.25) is 14.6 Å². The van der Waals surface area contributed by atoms with Crippen molar-refractivity contribution >= 4 is 28.5 Å². The van der Waals surface area contributed by atoms with E-state index in [1.165, 1.54) is 30.7 Å². The molecule has 0 aliphatic carbocycles. The normalized spacial score (nSPS) is 11.8. The van der Waals surface area contributed by atoms with Gasteiger partial charge in [-0.1, -0.05) is 6.07 Å². The predicted octanol–water partition coefficient (Wildman–Crippen LogP) is 3.10. The number of nitrogens with zero attached hydrogens (tertiary/aromatic N) is 2. The lowest BCUT2D eigenvalue weighted by atomic mass is 9.97. The third-order valence-corrected chi connectivity index (χ3v) is 4.42. The van der Waals surface area contributed by atoms with E-state index < -0.39 is 23.5 Å². The molecule has 3 aromatic heterocycles. The van der Waals surface area contributed by atoms with Gasteiger partial charge in [-0.25, -0.2) is 9.37 Å². The maximum absolute atomic E-state index is 14.7. The Balaban J connectivity index is 1.59. The lowest BCUT2D eigenvalue weighted by molar-refractivity contribution is -0.127. The minimum atomic E-state index is -1.38. The standard InChI is InChI=1S/C21H16FN5O3/c22-15-11-12(18(19(23)28)21(29)27-13-3-7-24-8-4-13)1-2-17(15)30-16-6-10-26-20-14(16)5-9-25-20/h1-11,18H,(H2,23,28)(H,25,26)(H,24,27,29). The molecule has 0 aliphatic heterocycles. The van der Waals surface area contributed by atoms with Gasteiger partial charge in [0.25, 0.3) is 0 Å². The summed E-state index contributed by atoms with van der Waals surface area (Å²) in [6.45, 7) is 0. The fourth-order valence-electron chi connectivity index (χ4n) is 3.02. The van der Waals surface area contributed by atoms with Crippen molar-refractivity contribution in [2.24, 2.45) is 5.73 Å². The molecule has 30 heavy (non-hydrogen) atoms. The van der Waals surface area contributed by atoms with E-state index >= 15 is 0 Å². The molecule has 1 aromatic carbocycles. The number of nitrogens with one attached hydrogen (secondary N) is 2. The van der Waals surface area contributed by atoms with Gasteiger partial charge in [0.15, 0.2) is 11.6 Å². The maximum Gasteiger partial charge on any atom is 0.241 e. The van der Waals surface area contributed by atoms with Crippen molar-refractivity contribution in [3.05, 3.63) is 78.6 Å². The first-order chi connectivity index (χ1) is 14.5. The summed E-state index contributed by atoms with van der Waals surface area (Å²) in [4.78, 5) is 35.4. The van der Waals surface area contributed by atoms with Gasteiger partial charge in [-0.2, -0.15) is 0 Å². The predicted molar refractivity (Wildman–Crippen MR) is 107 cm³/mol. The molecule has 0 spiro atoms. The highest BCUT2D eigenvalue weighted by atomic mass is 19.1. The second kappa shape index (κ2) is 8.00. The number of hydrogen-bond acceptors (Lipinski definition) is 5. The first kappa shape index (κ1) is 19.1. The van der Waals surface area contributed by atoms with Crippen LogP contribution in [0.3, 0.4) is 0 Å². The number of rotatable bonds is 6. The molecule has 4 aromatic rings. The van der Waals surface area contributed by atoms with Crippen molar-refractivity contribution in [1.29, 1.82) is 0 Å². The Kier molecular flexibility index (Phi) is 5.08. The van der Waals surface area contributed by atoms with Gasteiger partial charge in [0, 0.05) is 30.5 Å². The Labute approximate surface area is 169 Å². The number of carbonyl (C=O) groups excluding carboxylic acids is 2. The fourth-order valence-corrected chi connectivity index (χ4v) is 3.02. The molecule has 8 nitrogen and oxygen atoms in total. The SMILES string of the molecule is NC(=O)C(C(=O)Nc1ccncc1)c1ccc(Oc2ccnc3[nH]ccc23)c(F)c1. The summed E-state index contributed by atoms with van der Waals surface area (Å²) in [5.74, 6) is -3.35. The molecule has 150 valence electrons. The molecule has 0 saturated heterocycles. The largest absolute Gasteiger partial charge is 0.453 e. The monoisotopic (exact) mass is 405 g/mol. The van der Waals surface area contributed by atoms with Crippen LogP contribution in [0.15, 0.2) is 67.3 Å². The van der Waals surface area contributed by atoms with Gasteiger partial charge in [-0.15, -0.1) is 0 Å². The second-order valence-corrected chi connectivity index (χ2v) is 6.40. The van der Waals surface area contributed by atoms with Crippen LogP contribution in [0.25, 0.3) is 11.0 Å². The Morgan fingerprint density at radius 1 is 1.07 bits per heavy atom. The van der Waals surface area contributed by atoms with Crippen molar-refractivity contribution in [3.8, 4) is 11.5 Å². The van der Waals surface area contributed by atoms with Gasteiger partial charge in [0.05, 0.1) is 5.39 Å². The number of ether oxygens (including phenoxy) is 1. The van der Waals surface area contributed by atoms with Crippen LogP contribution in [0.1, 0.15) is 11.5 Å². The van der Waals surface area contributed by atoms with Crippen LogP contribution in [0.4, 0.5) is 10.1 Å². The lowest BCUT2D eigenvalue weighted by Crippen LogP contribution is -2.32. The zero-order valence-corrected chi connectivity index (χ0v) is 15.5. The molecule has 4 N–H and O–H groups in total. The average molecular weight is 405 g/mol. The third-order valence-electron chi connectivity index (χ3n) is 4.42. The maximum atomic E-state index is 14.7. The Bertz CT molecular complexity index is 1230. The van der Waals surface area contributed by atoms with Crippen molar-refractivity contribution < 1.29 is 18.7 Å². The highest BCUT2D eigenvalue weighted by Gasteiger charge is 2.27. The third kappa shape index (κ3) is 3.81. The van der Waals surface area contributed by atoms with Crippen molar-refractivity contribution in [1.82, 2.24) is 15.0 Å². The Hall–Kier alpha value is -4.27. The van der Waals surface area contributed by atoms with Crippen LogP contribution < -0.4 is 15.8 Å². The molecule has 0 fully saturated rings. The minimum Gasteiger partial charge on any atom is -0.453 e. The average Bonchev–Trinajstić information content (AvgIpc) is 3.20. The number of hydrogen-bond donors (Lipinski definition) is 3. The topological polar surface area (TPSA) is 123 Å². The number of aromatic nitrogens is 3. The first-order valence-electron chi connectivity index (χ1n) is 8.92. The van der Waals surface area contributed by atoms with Gasteiger partial charge in [0.2, 0.25) is 11.8 Å². The number of aromatic amines is 1. The number of anilines is 1. The smallest absolute Gasteiger partial charge is 0.241 e. The van der Waals surface area contributed by atoms with E-state index in [1.807, 2.05) is 0 Å². The first-order valence-corrected chi connectivity index (χ1v) is 8.92. The number of primary amides is 1. The van der Waals surface area contributed by atoms with Gasteiger partial charge in [0.1, 0.15) is 17.3 Å². The van der Waals surface area contributed by atoms with Crippen molar-refractivity contribution in [2.75, 3.05) is 5.32 Å². The van der Waals surface area contributed by atoms with Gasteiger partial charge in [-0.05, 0) is 42.0 Å². The van der Waals surface area contributed by atoms with E-state index in [0.29, 0.717) is 22.5 Å². The highest BCUT2D eigenvalue weighted by molar-refractivity contribution is 6.10. The van der Waals surface area contributed by atoms with Crippen LogP contribution >= 0.6 is 0 Å². The molecular weight excluding hydrogens is 389 g/mol. The van der Waals surface area contributed by atoms with E-state index in [0.717, 1.165) is 6.07 Å². The number of halogens is 1.